The molecule has 0 radical (unpaired) electrons. The molecule has 0 saturated heterocycles. The van der Waals surface area contributed by atoms with Crippen LogP contribution in [0.15, 0.2) is 41.8 Å². The van der Waals surface area contributed by atoms with Gasteiger partial charge in [0.15, 0.2) is 0 Å². The predicted molar refractivity (Wildman–Crippen MR) is 75.7 cm³/mol. The first-order valence-electron chi connectivity index (χ1n) is 6.25. The van der Waals surface area contributed by atoms with Gasteiger partial charge >= 0.3 is 5.51 Å². The van der Waals surface area contributed by atoms with Crippen LogP contribution in [0.3, 0.4) is 0 Å². The number of nitrogens with one attached hydrogen (secondary N) is 1. The lowest BCUT2D eigenvalue weighted by atomic mass is 10.2. The molecule has 0 heterocycles. The van der Waals surface area contributed by atoms with Crippen LogP contribution in [0, 0.1) is 0 Å². The van der Waals surface area contributed by atoms with E-state index in [1.54, 1.807) is 18.2 Å². The van der Waals surface area contributed by atoms with Crippen LogP contribution in [0.25, 0.3) is 0 Å². The Kier molecular flexibility index (Phi) is 7.72. The van der Waals surface area contributed by atoms with E-state index in [4.69, 9.17) is 4.74 Å². The average molecular weight is 305 g/mol. The van der Waals surface area contributed by atoms with Gasteiger partial charge in [-0.2, -0.15) is 13.2 Å². The molecule has 0 fully saturated rings. The van der Waals surface area contributed by atoms with Gasteiger partial charge in [-0.1, -0.05) is 18.2 Å². The molecule has 1 aromatic rings. The molecule has 0 atom stereocenters. The minimum absolute atomic E-state index is 0.0995. The van der Waals surface area contributed by atoms with Crippen molar-refractivity contribution < 1.29 is 17.9 Å². The molecule has 1 N–H and O–H groups in total. The zero-order valence-corrected chi connectivity index (χ0v) is 11.9. The molecule has 0 amide bonds. The van der Waals surface area contributed by atoms with Crippen molar-refractivity contribution in [3.8, 4) is 0 Å². The minimum Gasteiger partial charge on any atom is -0.380 e. The molecule has 0 unspecified atom stereocenters. The van der Waals surface area contributed by atoms with Crippen LogP contribution < -0.4 is 5.32 Å². The molecular formula is C14H18F3NOS. The normalized spacial score (nSPS) is 11.6. The van der Waals surface area contributed by atoms with E-state index in [0.717, 1.165) is 12.0 Å². The third-order valence-corrected chi connectivity index (χ3v) is 3.11. The number of hydrogen-bond donors (Lipinski definition) is 1. The molecule has 20 heavy (non-hydrogen) atoms. The summed E-state index contributed by atoms with van der Waals surface area (Å²) in [6.45, 7) is 6.18. The summed E-state index contributed by atoms with van der Waals surface area (Å²) in [5, 5.41) is 3.17. The number of benzene rings is 1. The highest BCUT2D eigenvalue weighted by molar-refractivity contribution is 8.00. The van der Waals surface area contributed by atoms with Gasteiger partial charge in [0.25, 0.3) is 0 Å². The fraction of sp³-hybridized carbons (Fsp3) is 0.429. The Bertz CT molecular complexity index is 392. The first kappa shape index (κ1) is 17.1. The van der Waals surface area contributed by atoms with Gasteiger partial charge in [0.2, 0.25) is 0 Å². The molecule has 0 aliphatic heterocycles. The molecule has 0 saturated carbocycles. The van der Waals surface area contributed by atoms with Crippen molar-refractivity contribution in [2.75, 3.05) is 19.8 Å². The van der Waals surface area contributed by atoms with E-state index >= 15 is 0 Å². The molecule has 0 aliphatic rings. The van der Waals surface area contributed by atoms with E-state index in [-0.39, 0.29) is 16.7 Å². The van der Waals surface area contributed by atoms with Crippen LogP contribution in [0.4, 0.5) is 13.2 Å². The van der Waals surface area contributed by atoms with Crippen LogP contribution in [0.1, 0.15) is 12.0 Å². The average Bonchev–Trinajstić information content (AvgIpc) is 2.38. The third-order valence-electron chi connectivity index (χ3n) is 2.38. The SMILES string of the molecule is C=CCCOCCNCc1ccc(SC(F)(F)F)cc1. The summed E-state index contributed by atoms with van der Waals surface area (Å²) >= 11 is -0.0995. The number of rotatable bonds is 9. The van der Waals surface area contributed by atoms with Gasteiger partial charge in [-0.3, -0.25) is 0 Å². The van der Waals surface area contributed by atoms with Crippen molar-refractivity contribution in [3.63, 3.8) is 0 Å². The van der Waals surface area contributed by atoms with Gasteiger partial charge in [0.1, 0.15) is 0 Å². The molecule has 0 aliphatic carbocycles. The van der Waals surface area contributed by atoms with Crippen molar-refractivity contribution in [2.45, 2.75) is 23.4 Å². The quantitative estimate of drug-likeness (QED) is 0.423. The Hall–Kier alpha value is -0.980. The van der Waals surface area contributed by atoms with Gasteiger partial charge in [-0.05, 0) is 35.9 Å². The maximum Gasteiger partial charge on any atom is 0.446 e. The maximum atomic E-state index is 12.1. The van der Waals surface area contributed by atoms with Crippen molar-refractivity contribution in [2.24, 2.45) is 0 Å². The number of ether oxygens (including phenoxy) is 1. The van der Waals surface area contributed by atoms with E-state index in [9.17, 15) is 13.2 Å². The summed E-state index contributed by atoms with van der Waals surface area (Å²) < 4.78 is 41.8. The van der Waals surface area contributed by atoms with Gasteiger partial charge < -0.3 is 10.1 Å². The summed E-state index contributed by atoms with van der Waals surface area (Å²) in [6, 6.07) is 6.35. The fourth-order valence-corrected chi connectivity index (χ4v) is 1.99. The molecule has 112 valence electrons. The lowest BCUT2D eigenvalue weighted by molar-refractivity contribution is -0.0328. The fourth-order valence-electron chi connectivity index (χ4n) is 1.45. The van der Waals surface area contributed by atoms with E-state index in [1.165, 1.54) is 12.1 Å². The smallest absolute Gasteiger partial charge is 0.380 e. The monoisotopic (exact) mass is 305 g/mol. The van der Waals surface area contributed by atoms with E-state index in [0.29, 0.717) is 26.3 Å². The highest BCUT2D eigenvalue weighted by Gasteiger charge is 2.28. The van der Waals surface area contributed by atoms with Gasteiger partial charge in [0, 0.05) is 18.0 Å². The summed E-state index contributed by atoms with van der Waals surface area (Å²) in [7, 11) is 0. The van der Waals surface area contributed by atoms with Crippen LogP contribution in [-0.2, 0) is 11.3 Å². The number of thioether (sulfide) groups is 1. The number of halogens is 3. The number of alkyl halides is 3. The summed E-state index contributed by atoms with van der Waals surface area (Å²) in [4.78, 5) is 0.203. The first-order chi connectivity index (χ1) is 9.51. The van der Waals surface area contributed by atoms with Crippen LogP contribution in [0.2, 0.25) is 0 Å². The van der Waals surface area contributed by atoms with Crippen molar-refractivity contribution in [3.05, 3.63) is 42.5 Å². The van der Waals surface area contributed by atoms with E-state index in [2.05, 4.69) is 11.9 Å². The largest absolute Gasteiger partial charge is 0.446 e. The van der Waals surface area contributed by atoms with Crippen LogP contribution in [-0.4, -0.2) is 25.3 Å². The highest BCUT2D eigenvalue weighted by Crippen LogP contribution is 2.36. The van der Waals surface area contributed by atoms with Gasteiger partial charge in [-0.15, -0.1) is 6.58 Å². The maximum absolute atomic E-state index is 12.1. The minimum atomic E-state index is -4.23. The zero-order chi connectivity index (χ0) is 14.8. The second kappa shape index (κ2) is 9.05. The van der Waals surface area contributed by atoms with E-state index in [1.807, 2.05) is 0 Å². The third kappa shape index (κ3) is 8.24. The Morgan fingerprint density at radius 2 is 1.90 bits per heavy atom. The summed E-state index contributed by atoms with van der Waals surface area (Å²) in [6.07, 6.45) is 2.63. The van der Waals surface area contributed by atoms with Gasteiger partial charge in [-0.25, -0.2) is 0 Å². The Labute approximate surface area is 121 Å². The number of hydrogen-bond acceptors (Lipinski definition) is 3. The second-order valence-electron chi connectivity index (χ2n) is 4.06. The Morgan fingerprint density at radius 3 is 2.50 bits per heavy atom. The Balaban J connectivity index is 2.20. The summed E-state index contributed by atoms with van der Waals surface area (Å²) in [5.74, 6) is 0. The molecule has 1 aromatic carbocycles. The molecule has 2 nitrogen and oxygen atoms in total. The molecule has 1 rings (SSSR count). The first-order valence-corrected chi connectivity index (χ1v) is 7.07. The van der Waals surface area contributed by atoms with Crippen LogP contribution in [0.5, 0.6) is 0 Å². The molecule has 6 heteroatoms. The Morgan fingerprint density at radius 1 is 1.20 bits per heavy atom. The van der Waals surface area contributed by atoms with Crippen molar-refractivity contribution in [1.82, 2.24) is 5.32 Å². The van der Waals surface area contributed by atoms with Gasteiger partial charge in [0.05, 0.1) is 13.2 Å². The van der Waals surface area contributed by atoms with Crippen molar-refractivity contribution in [1.29, 1.82) is 0 Å². The zero-order valence-electron chi connectivity index (χ0n) is 11.1. The molecule has 0 spiro atoms. The van der Waals surface area contributed by atoms with E-state index < -0.39 is 5.51 Å². The molecular weight excluding hydrogens is 287 g/mol. The van der Waals surface area contributed by atoms with Crippen molar-refractivity contribution >= 4 is 11.8 Å². The lowest BCUT2D eigenvalue weighted by Gasteiger charge is -2.08. The standard InChI is InChI=1S/C14H18F3NOS/c1-2-3-9-19-10-8-18-11-12-4-6-13(7-5-12)20-14(15,16)17/h2,4-7,18H,1,3,8-11H2. The molecule has 0 bridgehead atoms. The second-order valence-corrected chi connectivity index (χ2v) is 5.20. The summed E-state index contributed by atoms with van der Waals surface area (Å²) in [5.41, 5.74) is -3.29. The molecule has 0 aromatic heterocycles. The van der Waals surface area contributed by atoms with Crippen LogP contribution >= 0.6 is 11.8 Å². The topological polar surface area (TPSA) is 21.3 Å². The lowest BCUT2D eigenvalue weighted by Crippen LogP contribution is -2.19. The predicted octanol–water partition coefficient (Wildman–Crippen LogP) is 3.98. The highest BCUT2D eigenvalue weighted by atomic mass is 32.2.